The summed E-state index contributed by atoms with van der Waals surface area (Å²) in [5.74, 6) is 0. The van der Waals surface area contributed by atoms with Crippen molar-refractivity contribution in [2.24, 2.45) is 0 Å². The van der Waals surface area contributed by atoms with E-state index in [4.69, 9.17) is 5.11 Å². The van der Waals surface area contributed by atoms with Crippen molar-refractivity contribution in [1.82, 2.24) is 4.98 Å². The predicted octanol–water partition coefficient (Wildman–Crippen LogP) is 0.908. The highest BCUT2D eigenvalue weighted by Gasteiger charge is 2.18. The number of hydrogen-bond acceptors (Lipinski definition) is 6. The number of para-hydroxylation sites is 1. The molecule has 2 aromatic rings. The Morgan fingerprint density at radius 3 is 2.84 bits per heavy atom. The number of pyridine rings is 1. The zero-order chi connectivity index (χ0) is 13.8. The number of nitrogens with zero attached hydrogens (tertiary/aromatic N) is 2. The molecule has 7 heteroatoms. The molecule has 3 N–H and O–H groups in total. The van der Waals surface area contributed by atoms with Gasteiger partial charge in [0.1, 0.15) is 11.9 Å². The van der Waals surface area contributed by atoms with Crippen molar-refractivity contribution in [3.63, 3.8) is 0 Å². The minimum atomic E-state index is -0.980. The van der Waals surface area contributed by atoms with Crippen molar-refractivity contribution in [2.45, 2.75) is 6.10 Å². The van der Waals surface area contributed by atoms with Crippen LogP contribution in [0, 0.1) is 10.1 Å². The first kappa shape index (κ1) is 13.2. The van der Waals surface area contributed by atoms with E-state index in [0.717, 1.165) is 0 Å². The van der Waals surface area contributed by atoms with Gasteiger partial charge in [-0.1, -0.05) is 18.2 Å². The first-order valence-electron chi connectivity index (χ1n) is 5.68. The fourth-order valence-corrected chi connectivity index (χ4v) is 1.74. The maximum absolute atomic E-state index is 11.0. The summed E-state index contributed by atoms with van der Waals surface area (Å²) in [7, 11) is 0. The molecule has 0 radical (unpaired) electrons. The minimum Gasteiger partial charge on any atom is -0.394 e. The van der Waals surface area contributed by atoms with Crippen LogP contribution in [0.15, 0.2) is 30.5 Å². The van der Waals surface area contributed by atoms with Gasteiger partial charge in [-0.3, -0.25) is 10.1 Å². The summed E-state index contributed by atoms with van der Waals surface area (Å²) in [4.78, 5) is 14.5. The Hall–Kier alpha value is -2.25. The Morgan fingerprint density at radius 2 is 2.16 bits per heavy atom. The molecule has 0 saturated carbocycles. The van der Waals surface area contributed by atoms with Gasteiger partial charge in [0.2, 0.25) is 0 Å². The Morgan fingerprint density at radius 1 is 1.42 bits per heavy atom. The summed E-state index contributed by atoms with van der Waals surface area (Å²) in [5, 5.41) is 32.5. The van der Waals surface area contributed by atoms with Gasteiger partial charge in [-0.05, 0) is 6.07 Å². The number of anilines is 1. The smallest absolute Gasteiger partial charge is 0.311 e. The number of aliphatic hydroxyl groups is 2. The fourth-order valence-electron chi connectivity index (χ4n) is 1.74. The first-order valence-corrected chi connectivity index (χ1v) is 5.68. The summed E-state index contributed by atoms with van der Waals surface area (Å²) in [5.41, 5.74) is 0.751. The average Bonchev–Trinajstić information content (AvgIpc) is 2.43. The summed E-state index contributed by atoms with van der Waals surface area (Å²) < 4.78 is 0. The van der Waals surface area contributed by atoms with Gasteiger partial charge in [-0.2, -0.15) is 0 Å². The van der Waals surface area contributed by atoms with Gasteiger partial charge in [-0.15, -0.1) is 0 Å². The molecular formula is C12H13N3O4. The number of nitro groups is 1. The van der Waals surface area contributed by atoms with Crippen molar-refractivity contribution in [2.75, 3.05) is 18.5 Å². The molecule has 0 saturated heterocycles. The van der Waals surface area contributed by atoms with Crippen LogP contribution in [0.3, 0.4) is 0 Å². The Labute approximate surface area is 108 Å². The quantitative estimate of drug-likeness (QED) is 0.546. The molecular weight excluding hydrogens is 250 g/mol. The highest BCUT2D eigenvalue weighted by Crippen LogP contribution is 2.31. The maximum atomic E-state index is 11.0. The number of nitrogens with one attached hydrogen (secondary N) is 1. The van der Waals surface area contributed by atoms with Crippen LogP contribution in [-0.2, 0) is 0 Å². The zero-order valence-electron chi connectivity index (χ0n) is 9.98. The van der Waals surface area contributed by atoms with Crippen molar-refractivity contribution >= 4 is 22.3 Å². The molecule has 2 rings (SSSR count). The fraction of sp³-hybridized carbons (Fsp3) is 0.250. The molecule has 1 aromatic heterocycles. The summed E-state index contributed by atoms with van der Waals surface area (Å²) in [6.07, 6.45) is 0.197. The second-order valence-corrected chi connectivity index (χ2v) is 4.01. The maximum Gasteiger partial charge on any atom is 0.311 e. The van der Waals surface area contributed by atoms with E-state index in [1.165, 1.54) is 6.20 Å². The van der Waals surface area contributed by atoms with E-state index in [0.29, 0.717) is 16.6 Å². The molecule has 0 aliphatic heterocycles. The lowest BCUT2D eigenvalue weighted by Gasteiger charge is -2.12. The highest BCUT2D eigenvalue weighted by molar-refractivity contribution is 5.95. The molecule has 1 unspecified atom stereocenters. The third-order valence-electron chi connectivity index (χ3n) is 2.68. The molecule has 7 nitrogen and oxygen atoms in total. The van der Waals surface area contributed by atoms with E-state index in [9.17, 15) is 15.2 Å². The number of benzene rings is 1. The lowest BCUT2D eigenvalue weighted by Crippen LogP contribution is -2.23. The molecule has 1 atom stereocenters. The molecule has 0 fully saturated rings. The van der Waals surface area contributed by atoms with E-state index >= 15 is 0 Å². The monoisotopic (exact) mass is 263 g/mol. The van der Waals surface area contributed by atoms with Crippen molar-refractivity contribution in [3.8, 4) is 0 Å². The molecule has 1 aromatic carbocycles. The van der Waals surface area contributed by atoms with E-state index in [-0.39, 0.29) is 12.2 Å². The standard InChI is InChI=1S/C12H13N3O4/c16-7-8(17)5-14-12-9-3-1-2-4-10(9)13-6-11(12)15(18)19/h1-4,6,8,16-17H,5,7H2,(H,13,14). The molecule has 19 heavy (non-hydrogen) atoms. The van der Waals surface area contributed by atoms with E-state index < -0.39 is 17.6 Å². The second-order valence-electron chi connectivity index (χ2n) is 4.01. The molecule has 1 heterocycles. The van der Waals surface area contributed by atoms with E-state index in [2.05, 4.69) is 10.3 Å². The molecule has 0 spiro atoms. The Bertz CT molecular complexity index is 603. The number of hydrogen-bond donors (Lipinski definition) is 3. The minimum absolute atomic E-state index is 0.0192. The van der Waals surface area contributed by atoms with E-state index in [1.807, 2.05) is 0 Å². The summed E-state index contributed by atoms with van der Waals surface area (Å²) >= 11 is 0. The predicted molar refractivity (Wildman–Crippen MR) is 70.0 cm³/mol. The number of aliphatic hydroxyl groups excluding tert-OH is 2. The molecule has 100 valence electrons. The highest BCUT2D eigenvalue weighted by atomic mass is 16.6. The van der Waals surface area contributed by atoms with Gasteiger partial charge >= 0.3 is 5.69 Å². The SMILES string of the molecule is O=[N+]([O-])c1cnc2ccccc2c1NCC(O)CO. The number of fused-ring (bicyclic) bond motifs is 1. The average molecular weight is 263 g/mol. The number of aromatic nitrogens is 1. The van der Waals surface area contributed by atoms with Crippen molar-refractivity contribution in [3.05, 3.63) is 40.6 Å². The molecule has 0 bridgehead atoms. The lowest BCUT2D eigenvalue weighted by molar-refractivity contribution is -0.384. The Kier molecular flexibility index (Phi) is 3.88. The van der Waals surface area contributed by atoms with Gasteiger partial charge in [0.25, 0.3) is 0 Å². The molecule has 0 amide bonds. The molecule has 0 aliphatic rings. The van der Waals surface area contributed by atoms with Gasteiger partial charge in [0.15, 0.2) is 0 Å². The van der Waals surface area contributed by atoms with Crippen LogP contribution in [0.2, 0.25) is 0 Å². The van der Waals surface area contributed by atoms with Crippen LogP contribution >= 0.6 is 0 Å². The van der Waals surface area contributed by atoms with Gasteiger partial charge in [0, 0.05) is 11.9 Å². The van der Waals surface area contributed by atoms with Crippen molar-refractivity contribution in [1.29, 1.82) is 0 Å². The van der Waals surface area contributed by atoms with Gasteiger partial charge < -0.3 is 15.5 Å². The van der Waals surface area contributed by atoms with Gasteiger partial charge in [0.05, 0.1) is 23.2 Å². The lowest BCUT2D eigenvalue weighted by atomic mass is 10.1. The van der Waals surface area contributed by atoms with Crippen LogP contribution in [0.25, 0.3) is 10.9 Å². The van der Waals surface area contributed by atoms with Crippen LogP contribution in [0.5, 0.6) is 0 Å². The third kappa shape index (κ3) is 2.78. The van der Waals surface area contributed by atoms with Crippen LogP contribution in [0.1, 0.15) is 0 Å². The molecule has 0 aliphatic carbocycles. The Balaban J connectivity index is 2.46. The summed E-state index contributed by atoms with van der Waals surface area (Å²) in [6, 6.07) is 6.99. The largest absolute Gasteiger partial charge is 0.394 e. The van der Waals surface area contributed by atoms with Crippen molar-refractivity contribution < 1.29 is 15.1 Å². The van der Waals surface area contributed by atoms with Gasteiger partial charge in [-0.25, -0.2) is 4.98 Å². The second kappa shape index (κ2) is 5.59. The topological polar surface area (TPSA) is 109 Å². The first-order chi connectivity index (χ1) is 9.13. The van der Waals surface area contributed by atoms with Crippen LogP contribution < -0.4 is 5.32 Å². The van der Waals surface area contributed by atoms with Crippen LogP contribution in [0.4, 0.5) is 11.4 Å². The normalized spacial score (nSPS) is 12.3. The third-order valence-corrected chi connectivity index (χ3v) is 2.68. The van der Waals surface area contributed by atoms with Crippen LogP contribution in [-0.4, -0.2) is 39.4 Å². The summed E-state index contributed by atoms with van der Waals surface area (Å²) in [6.45, 7) is -0.394. The number of rotatable bonds is 5. The van der Waals surface area contributed by atoms with E-state index in [1.54, 1.807) is 24.3 Å². The zero-order valence-corrected chi connectivity index (χ0v) is 9.98.